The Labute approximate surface area is 194 Å². The minimum atomic E-state index is -0.501. The highest BCUT2D eigenvalue weighted by Gasteiger charge is 2.41. The molecule has 1 aliphatic rings. The van der Waals surface area contributed by atoms with Gasteiger partial charge in [0.25, 0.3) is 11.8 Å². The molecule has 2 amide bonds. The average Bonchev–Trinajstić information content (AvgIpc) is 3.04. The topological polar surface area (TPSA) is 67.9 Å². The van der Waals surface area contributed by atoms with E-state index < -0.39 is 11.8 Å². The van der Waals surface area contributed by atoms with E-state index in [1.54, 1.807) is 49.6 Å². The van der Waals surface area contributed by atoms with Crippen LogP contribution in [0, 0.1) is 0 Å². The predicted octanol–water partition coefficient (Wildman–Crippen LogP) is 5.35. The van der Waals surface area contributed by atoms with E-state index in [1.165, 1.54) is 18.9 Å². The van der Waals surface area contributed by atoms with Crippen LogP contribution in [0.2, 0.25) is 5.02 Å². The third-order valence-electron chi connectivity index (χ3n) is 4.77. The first kappa shape index (κ1) is 21.8. The zero-order valence-electron chi connectivity index (χ0n) is 17.3. The zero-order valence-corrected chi connectivity index (χ0v) is 18.9. The number of ether oxygens (including phenoxy) is 2. The van der Waals surface area contributed by atoms with Crippen LogP contribution in [0.1, 0.15) is 0 Å². The van der Waals surface area contributed by atoms with Crippen molar-refractivity contribution in [1.29, 1.82) is 0 Å². The Morgan fingerprint density at radius 2 is 1.59 bits per heavy atom. The summed E-state index contributed by atoms with van der Waals surface area (Å²) in [6.45, 7) is 0. The van der Waals surface area contributed by atoms with E-state index in [9.17, 15) is 9.59 Å². The van der Waals surface area contributed by atoms with Crippen molar-refractivity contribution in [3.63, 3.8) is 0 Å². The minimum Gasteiger partial charge on any atom is -0.497 e. The molecule has 8 heteroatoms. The number of nitrogens with zero attached hydrogens (tertiary/aromatic N) is 1. The molecule has 3 aromatic rings. The number of carbonyl (C=O) groups is 2. The van der Waals surface area contributed by atoms with Crippen LogP contribution in [0.5, 0.6) is 11.5 Å². The molecular weight excluding hydrogens is 448 g/mol. The normalized spacial score (nSPS) is 13.5. The predicted molar refractivity (Wildman–Crippen MR) is 126 cm³/mol. The van der Waals surface area contributed by atoms with Crippen LogP contribution >= 0.6 is 23.4 Å². The van der Waals surface area contributed by atoms with Crippen molar-refractivity contribution in [2.45, 2.75) is 4.90 Å². The standard InChI is InChI=1S/C24H19ClN2O4S/c1-30-15-12-13-18(20(14-15)31-2)26-21-22(32-16-8-4-3-5-9-16)24(29)27(23(21)28)19-11-7-6-10-17(19)25/h3-14,26H,1-2H3. The molecule has 4 rings (SSSR count). The van der Waals surface area contributed by atoms with Crippen molar-refractivity contribution in [3.8, 4) is 11.5 Å². The summed E-state index contributed by atoms with van der Waals surface area (Å²) in [6, 6.07) is 21.3. The molecule has 6 nitrogen and oxygen atoms in total. The first-order valence-electron chi connectivity index (χ1n) is 9.63. The number of hydrogen-bond acceptors (Lipinski definition) is 6. The van der Waals surface area contributed by atoms with E-state index in [4.69, 9.17) is 21.1 Å². The Balaban J connectivity index is 1.78. The Morgan fingerprint density at radius 1 is 0.875 bits per heavy atom. The maximum atomic E-state index is 13.4. The summed E-state index contributed by atoms with van der Waals surface area (Å²) in [5.41, 5.74) is 0.998. The van der Waals surface area contributed by atoms with Gasteiger partial charge in [0, 0.05) is 11.0 Å². The first-order valence-corrected chi connectivity index (χ1v) is 10.8. The number of hydrogen-bond donors (Lipinski definition) is 1. The van der Waals surface area contributed by atoms with Crippen molar-refractivity contribution < 1.29 is 19.1 Å². The lowest BCUT2D eigenvalue weighted by Gasteiger charge is -2.17. The number of halogens is 1. The number of anilines is 2. The lowest BCUT2D eigenvalue weighted by Crippen LogP contribution is -2.32. The number of para-hydroxylation sites is 1. The summed E-state index contributed by atoms with van der Waals surface area (Å²) in [7, 11) is 3.07. The maximum Gasteiger partial charge on any atom is 0.283 e. The van der Waals surface area contributed by atoms with Gasteiger partial charge in [-0.25, -0.2) is 4.90 Å². The van der Waals surface area contributed by atoms with Gasteiger partial charge < -0.3 is 14.8 Å². The first-order chi connectivity index (χ1) is 15.5. The Bertz CT molecular complexity index is 1210. The minimum absolute atomic E-state index is 0.146. The molecule has 32 heavy (non-hydrogen) atoms. The zero-order chi connectivity index (χ0) is 22.7. The number of carbonyl (C=O) groups excluding carboxylic acids is 2. The fourth-order valence-electron chi connectivity index (χ4n) is 3.21. The molecule has 0 atom stereocenters. The Hall–Kier alpha value is -3.42. The Kier molecular flexibility index (Phi) is 6.39. The molecule has 0 saturated heterocycles. The number of methoxy groups -OCH3 is 2. The van der Waals surface area contributed by atoms with Crippen LogP contribution in [0.4, 0.5) is 11.4 Å². The molecule has 0 saturated carbocycles. The summed E-state index contributed by atoms with van der Waals surface area (Å²) in [5, 5.41) is 3.41. The van der Waals surface area contributed by atoms with Crippen LogP contribution in [0.3, 0.4) is 0 Å². The van der Waals surface area contributed by atoms with Crippen molar-refractivity contribution in [2.75, 3.05) is 24.4 Å². The van der Waals surface area contributed by atoms with Crippen molar-refractivity contribution in [2.24, 2.45) is 0 Å². The molecule has 0 aromatic heterocycles. The molecule has 0 radical (unpaired) electrons. The van der Waals surface area contributed by atoms with Crippen LogP contribution in [0.15, 0.2) is 88.3 Å². The quantitative estimate of drug-likeness (QED) is 0.474. The van der Waals surface area contributed by atoms with Gasteiger partial charge in [-0.05, 0) is 36.4 Å². The molecule has 0 fully saturated rings. The Morgan fingerprint density at radius 3 is 2.28 bits per heavy atom. The third-order valence-corrected chi connectivity index (χ3v) is 6.18. The molecule has 0 bridgehead atoms. The molecular formula is C24H19ClN2O4S. The number of rotatable bonds is 7. The second-order valence-corrected chi connectivity index (χ2v) is 8.20. The van der Waals surface area contributed by atoms with E-state index in [0.717, 1.165) is 9.80 Å². The number of amides is 2. The molecule has 1 heterocycles. The van der Waals surface area contributed by atoms with Crippen LogP contribution < -0.4 is 19.7 Å². The van der Waals surface area contributed by atoms with Gasteiger partial charge >= 0.3 is 0 Å². The van der Waals surface area contributed by atoms with Crippen molar-refractivity contribution in [1.82, 2.24) is 0 Å². The number of nitrogens with one attached hydrogen (secondary N) is 1. The number of thioether (sulfide) groups is 1. The van der Waals surface area contributed by atoms with Crippen LogP contribution in [-0.4, -0.2) is 26.0 Å². The molecule has 0 aliphatic carbocycles. The third kappa shape index (κ3) is 4.17. The van der Waals surface area contributed by atoms with Gasteiger partial charge in [0.1, 0.15) is 22.1 Å². The SMILES string of the molecule is COc1ccc(NC2=C(Sc3ccccc3)C(=O)N(c3ccccc3Cl)C2=O)c(OC)c1. The monoisotopic (exact) mass is 466 g/mol. The van der Waals surface area contributed by atoms with Gasteiger partial charge in [-0.1, -0.05) is 53.7 Å². The average molecular weight is 467 g/mol. The lowest BCUT2D eigenvalue weighted by atomic mass is 10.2. The molecule has 0 unspecified atom stereocenters. The van der Waals surface area contributed by atoms with Gasteiger partial charge in [0.05, 0.1) is 30.6 Å². The van der Waals surface area contributed by atoms with E-state index >= 15 is 0 Å². The van der Waals surface area contributed by atoms with Crippen molar-refractivity contribution >= 4 is 46.6 Å². The molecule has 162 valence electrons. The van der Waals surface area contributed by atoms with Crippen LogP contribution in [0.25, 0.3) is 0 Å². The number of imide groups is 1. The lowest BCUT2D eigenvalue weighted by molar-refractivity contribution is -0.120. The highest BCUT2D eigenvalue weighted by Crippen LogP contribution is 2.40. The molecule has 0 spiro atoms. The summed E-state index contributed by atoms with van der Waals surface area (Å²) in [4.78, 5) is 29.0. The van der Waals surface area contributed by atoms with Crippen LogP contribution in [-0.2, 0) is 9.59 Å². The highest BCUT2D eigenvalue weighted by atomic mass is 35.5. The second-order valence-electron chi connectivity index (χ2n) is 6.71. The van der Waals surface area contributed by atoms with E-state index in [-0.39, 0.29) is 10.6 Å². The van der Waals surface area contributed by atoms with Gasteiger partial charge in [0.15, 0.2) is 0 Å². The van der Waals surface area contributed by atoms with Crippen molar-refractivity contribution in [3.05, 3.63) is 88.4 Å². The summed E-state index contributed by atoms with van der Waals surface area (Å²) in [5.74, 6) is 0.121. The molecule has 1 aliphatic heterocycles. The molecule has 1 N–H and O–H groups in total. The second kappa shape index (κ2) is 9.38. The summed E-state index contributed by atoms with van der Waals surface area (Å²) in [6.07, 6.45) is 0. The summed E-state index contributed by atoms with van der Waals surface area (Å²) < 4.78 is 10.7. The van der Waals surface area contributed by atoms with Gasteiger partial charge in [-0.3, -0.25) is 9.59 Å². The highest BCUT2D eigenvalue weighted by molar-refractivity contribution is 8.04. The van der Waals surface area contributed by atoms with E-state index in [0.29, 0.717) is 27.9 Å². The largest absolute Gasteiger partial charge is 0.497 e. The van der Waals surface area contributed by atoms with Gasteiger partial charge in [0.2, 0.25) is 0 Å². The fourth-order valence-corrected chi connectivity index (χ4v) is 4.38. The summed E-state index contributed by atoms with van der Waals surface area (Å²) >= 11 is 7.52. The maximum absolute atomic E-state index is 13.4. The van der Waals surface area contributed by atoms with Gasteiger partial charge in [-0.2, -0.15) is 0 Å². The molecule has 3 aromatic carbocycles. The van der Waals surface area contributed by atoms with E-state index in [1.807, 2.05) is 30.3 Å². The smallest absolute Gasteiger partial charge is 0.283 e. The van der Waals surface area contributed by atoms with E-state index in [2.05, 4.69) is 5.32 Å². The number of benzene rings is 3. The fraction of sp³-hybridized carbons (Fsp3) is 0.0833. The van der Waals surface area contributed by atoms with Gasteiger partial charge in [-0.15, -0.1) is 0 Å².